The van der Waals surface area contributed by atoms with E-state index in [0.29, 0.717) is 6.04 Å². The first-order valence-electron chi connectivity index (χ1n) is 6.89. The van der Waals surface area contributed by atoms with Crippen LogP contribution >= 0.6 is 0 Å². The number of ether oxygens (including phenoxy) is 2. The van der Waals surface area contributed by atoms with E-state index in [1.54, 1.807) is 14.2 Å². The zero-order valence-corrected chi connectivity index (χ0v) is 12.8. The van der Waals surface area contributed by atoms with Gasteiger partial charge in [-0.25, -0.2) is 0 Å². The summed E-state index contributed by atoms with van der Waals surface area (Å²) in [7, 11) is 3.48. The molecule has 1 aromatic rings. The minimum Gasteiger partial charge on any atom is -0.496 e. The van der Waals surface area contributed by atoms with E-state index in [1.165, 1.54) is 5.56 Å². The van der Waals surface area contributed by atoms with E-state index < -0.39 is 0 Å². The average molecular weight is 265 g/mol. The normalized spacial score (nSPS) is 13.3. The van der Waals surface area contributed by atoms with Crippen LogP contribution in [0.15, 0.2) is 24.3 Å². The molecule has 0 aliphatic heterocycles. The second kappa shape index (κ2) is 7.51. The quantitative estimate of drug-likeness (QED) is 0.783. The Labute approximate surface area is 117 Å². The van der Waals surface area contributed by atoms with E-state index in [-0.39, 0.29) is 5.60 Å². The van der Waals surface area contributed by atoms with Gasteiger partial charge in [0.1, 0.15) is 5.75 Å². The molecule has 0 heterocycles. The van der Waals surface area contributed by atoms with Gasteiger partial charge in [-0.05, 0) is 51.8 Å². The highest BCUT2D eigenvalue weighted by molar-refractivity contribution is 5.33. The number of benzene rings is 1. The summed E-state index contributed by atoms with van der Waals surface area (Å²) in [6, 6.07) is 8.61. The minimum atomic E-state index is -0.0726. The highest BCUT2D eigenvalue weighted by atomic mass is 16.5. The van der Waals surface area contributed by atoms with E-state index >= 15 is 0 Å². The summed E-state index contributed by atoms with van der Waals surface area (Å²) in [6.45, 7) is 7.38. The van der Waals surface area contributed by atoms with Crippen LogP contribution in [0.2, 0.25) is 0 Å². The summed E-state index contributed by atoms with van der Waals surface area (Å²) < 4.78 is 10.8. The SMILES string of the molecule is COc1ccccc1CCNC(C)CC(C)(C)OC. The maximum absolute atomic E-state index is 5.45. The Balaban J connectivity index is 2.38. The molecule has 0 bridgehead atoms. The lowest BCUT2D eigenvalue weighted by Crippen LogP contribution is -2.36. The molecule has 1 unspecified atom stereocenters. The number of para-hydroxylation sites is 1. The van der Waals surface area contributed by atoms with Gasteiger partial charge in [-0.3, -0.25) is 0 Å². The van der Waals surface area contributed by atoms with Gasteiger partial charge >= 0.3 is 0 Å². The summed E-state index contributed by atoms with van der Waals surface area (Å²) in [5.74, 6) is 0.967. The molecule has 0 saturated carbocycles. The fourth-order valence-electron chi connectivity index (χ4n) is 2.26. The first kappa shape index (κ1) is 16.0. The van der Waals surface area contributed by atoms with Crippen LogP contribution in [0.25, 0.3) is 0 Å². The summed E-state index contributed by atoms with van der Waals surface area (Å²) in [6.07, 6.45) is 1.97. The standard InChI is InChI=1S/C16H27NO2/c1-13(12-16(2,3)19-5)17-11-10-14-8-6-7-9-15(14)18-4/h6-9,13,17H,10-12H2,1-5H3. The Morgan fingerprint density at radius 2 is 1.89 bits per heavy atom. The molecule has 0 aromatic heterocycles. The van der Waals surface area contributed by atoms with Gasteiger partial charge in [-0.15, -0.1) is 0 Å². The van der Waals surface area contributed by atoms with E-state index in [1.807, 2.05) is 12.1 Å². The number of hydrogen-bond donors (Lipinski definition) is 1. The Kier molecular flexibility index (Phi) is 6.32. The maximum atomic E-state index is 5.45. The van der Waals surface area contributed by atoms with E-state index in [2.05, 4.69) is 38.2 Å². The van der Waals surface area contributed by atoms with E-state index in [9.17, 15) is 0 Å². The predicted molar refractivity (Wildman–Crippen MR) is 79.9 cm³/mol. The molecule has 19 heavy (non-hydrogen) atoms. The zero-order valence-electron chi connectivity index (χ0n) is 12.8. The van der Waals surface area contributed by atoms with Crippen LogP contribution in [-0.4, -0.2) is 32.4 Å². The van der Waals surface area contributed by atoms with Crippen molar-refractivity contribution in [3.05, 3.63) is 29.8 Å². The van der Waals surface area contributed by atoms with Gasteiger partial charge in [0.15, 0.2) is 0 Å². The van der Waals surface area contributed by atoms with Gasteiger partial charge in [-0.2, -0.15) is 0 Å². The molecule has 108 valence electrons. The molecule has 0 radical (unpaired) electrons. The van der Waals surface area contributed by atoms with Crippen molar-refractivity contribution in [1.82, 2.24) is 5.32 Å². The van der Waals surface area contributed by atoms with Gasteiger partial charge in [0, 0.05) is 13.2 Å². The molecule has 3 nitrogen and oxygen atoms in total. The molecule has 0 amide bonds. The van der Waals surface area contributed by atoms with Crippen LogP contribution in [0.5, 0.6) is 5.75 Å². The third-order valence-electron chi connectivity index (χ3n) is 3.43. The molecule has 1 aromatic carbocycles. The monoisotopic (exact) mass is 265 g/mol. The number of nitrogens with one attached hydrogen (secondary N) is 1. The number of methoxy groups -OCH3 is 2. The summed E-state index contributed by atoms with van der Waals surface area (Å²) in [4.78, 5) is 0. The van der Waals surface area contributed by atoms with Crippen LogP contribution in [0.3, 0.4) is 0 Å². The topological polar surface area (TPSA) is 30.5 Å². The molecule has 1 rings (SSSR count). The summed E-state index contributed by atoms with van der Waals surface area (Å²) in [5, 5.41) is 3.54. The molecule has 3 heteroatoms. The van der Waals surface area contributed by atoms with Gasteiger partial charge in [0.05, 0.1) is 12.7 Å². The van der Waals surface area contributed by atoms with E-state index in [4.69, 9.17) is 9.47 Å². The molecular weight excluding hydrogens is 238 g/mol. The second-order valence-corrected chi connectivity index (χ2v) is 5.58. The van der Waals surface area contributed by atoms with Crippen LogP contribution in [-0.2, 0) is 11.2 Å². The predicted octanol–water partition coefficient (Wildman–Crippen LogP) is 3.03. The highest BCUT2D eigenvalue weighted by Gasteiger charge is 2.19. The maximum Gasteiger partial charge on any atom is 0.122 e. The Bertz CT molecular complexity index is 377. The zero-order chi connectivity index (χ0) is 14.3. The van der Waals surface area contributed by atoms with Crippen molar-refractivity contribution in [1.29, 1.82) is 0 Å². The lowest BCUT2D eigenvalue weighted by Gasteiger charge is -2.27. The minimum absolute atomic E-state index is 0.0726. The van der Waals surface area contributed by atoms with Gasteiger partial charge in [-0.1, -0.05) is 18.2 Å². The summed E-state index contributed by atoms with van der Waals surface area (Å²) in [5.41, 5.74) is 1.17. The van der Waals surface area contributed by atoms with Crippen LogP contribution in [0, 0.1) is 0 Å². The van der Waals surface area contributed by atoms with Crippen LogP contribution < -0.4 is 10.1 Å². The van der Waals surface area contributed by atoms with Crippen molar-refractivity contribution >= 4 is 0 Å². The van der Waals surface area contributed by atoms with Crippen LogP contribution in [0.1, 0.15) is 32.8 Å². The molecule has 1 atom stereocenters. The van der Waals surface area contributed by atoms with Crippen molar-refractivity contribution in [3.8, 4) is 5.75 Å². The molecule has 1 N–H and O–H groups in total. The third kappa shape index (κ3) is 5.62. The molecule has 0 saturated heterocycles. The fraction of sp³-hybridized carbons (Fsp3) is 0.625. The van der Waals surface area contributed by atoms with Crippen molar-refractivity contribution in [2.24, 2.45) is 0 Å². The van der Waals surface area contributed by atoms with Crippen LogP contribution in [0.4, 0.5) is 0 Å². The third-order valence-corrected chi connectivity index (χ3v) is 3.43. The number of hydrogen-bond acceptors (Lipinski definition) is 3. The molecule has 0 spiro atoms. The fourth-order valence-corrected chi connectivity index (χ4v) is 2.26. The Morgan fingerprint density at radius 3 is 2.53 bits per heavy atom. The molecular formula is C16H27NO2. The van der Waals surface area contributed by atoms with Crippen molar-refractivity contribution in [2.75, 3.05) is 20.8 Å². The van der Waals surface area contributed by atoms with Gasteiger partial charge in [0.2, 0.25) is 0 Å². The average Bonchev–Trinajstić information content (AvgIpc) is 2.38. The van der Waals surface area contributed by atoms with Crippen molar-refractivity contribution in [3.63, 3.8) is 0 Å². The lowest BCUT2D eigenvalue weighted by molar-refractivity contribution is 0.00865. The molecule has 0 aliphatic rings. The first-order valence-corrected chi connectivity index (χ1v) is 6.89. The van der Waals surface area contributed by atoms with E-state index in [0.717, 1.165) is 25.1 Å². The van der Waals surface area contributed by atoms with Crippen molar-refractivity contribution in [2.45, 2.75) is 45.3 Å². The first-order chi connectivity index (χ1) is 8.98. The highest BCUT2D eigenvalue weighted by Crippen LogP contribution is 2.18. The smallest absolute Gasteiger partial charge is 0.122 e. The van der Waals surface area contributed by atoms with Gasteiger partial charge in [0.25, 0.3) is 0 Å². The van der Waals surface area contributed by atoms with Crippen molar-refractivity contribution < 1.29 is 9.47 Å². The molecule has 0 aliphatic carbocycles. The van der Waals surface area contributed by atoms with Gasteiger partial charge < -0.3 is 14.8 Å². The lowest BCUT2D eigenvalue weighted by atomic mass is 9.99. The number of rotatable bonds is 8. The summed E-state index contributed by atoms with van der Waals surface area (Å²) >= 11 is 0. The largest absolute Gasteiger partial charge is 0.496 e. The Morgan fingerprint density at radius 1 is 1.21 bits per heavy atom. The molecule has 0 fully saturated rings. The Hall–Kier alpha value is -1.06. The second-order valence-electron chi connectivity index (χ2n) is 5.58.